The number of nitrogens with one attached hydrogen (secondary N) is 1. The van der Waals surface area contributed by atoms with Crippen molar-refractivity contribution in [3.05, 3.63) is 36.4 Å². The fraction of sp³-hybridized carbons (Fsp3) is 0.286. The van der Waals surface area contributed by atoms with E-state index < -0.39 is 20.9 Å². The van der Waals surface area contributed by atoms with Crippen LogP contribution in [0.4, 0.5) is 5.69 Å². The van der Waals surface area contributed by atoms with Crippen molar-refractivity contribution in [2.45, 2.75) is 4.90 Å². The molecule has 0 aliphatic rings. The van der Waals surface area contributed by atoms with Crippen molar-refractivity contribution >= 4 is 37.4 Å². The number of anilines is 1. The number of benzene rings is 2. The zero-order chi connectivity index (χ0) is 17.9. The third-order valence-electron chi connectivity index (χ3n) is 3.43. The maximum absolute atomic E-state index is 12.9. The Hall–Kier alpha value is -1.72. The van der Waals surface area contributed by atoms with E-state index in [0.717, 1.165) is 11.1 Å². The molecule has 3 N–H and O–H groups in total. The van der Waals surface area contributed by atoms with Crippen molar-refractivity contribution in [2.24, 2.45) is 5.73 Å². The number of rotatable bonds is 7. The van der Waals surface area contributed by atoms with Gasteiger partial charge in [0.2, 0.25) is 10.9 Å². The van der Waals surface area contributed by atoms with Gasteiger partial charge in [0.25, 0.3) is 10.0 Å². The highest BCUT2D eigenvalue weighted by Crippen LogP contribution is 2.31. The number of hydrazine groups is 1. The summed E-state index contributed by atoms with van der Waals surface area (Å²) in [4.78, 5) is 3.82. The zero-order valence-corrected chi connectivity index (χ0v) is 15.0. The molecule has 2 aromatic rings. The fourth-order valence-corrected chi connectivity index (χ4v) is 4.63. The van der Waals surface area contributed by atoms with Crippen LogP contribution in [0.15, 0.2) is 41.3 Å². The molecule has 0 amide bonds. The standard InChI is InChI=1S/C14H20N4O4S2/c1-17(2)13-7-3-6-12-11(13)5-4-8-14(12)24(21,22)18(10-9-15)16-23(19)20/h3-8,23H,9-10,15H2,1-2H3,(H,16,19,20). The highest BCUT2D eigenvalue weighted by molar-refractivity contribution is 7.89. The lowest BCUT2D eigenvalue weighted by atomic mass is 10.1. The van der Waals surface area contributed by atoms with E-state index >= 15 is 0 Å². The van der Waals surface area contributed by atoms with Gasteiger partial charge in [-0.1, -0.05) is 24.3 Å². The number of hydrogen-bond donors (Lipinski definition) is 3. The molecule has 2 aromatic carbocycles. The topological polar surface area (TPSA) is 113 Å². The fourth-order valence-electron chi connectivity index (χ4n) is 2.43. The average molecular weight is 372 g/mol. The first kappa shape index (κ1) is 18.6. The summed E-state index contributed by atoms with van der Waals surface area (Å²) in [6.45, 7) is -0.196. The summed E-state index contributed by atoms with van der Waals surface area (Å²) in [6, 6.07) is 10.2. The van der Waals surface area contributed by atoms with Crippen LogP contribution in [-0.4, -0.2) is 48.4 Å². The molecule has 0 atom stereocenters. The molecular formula is C14H20N4O4S2. The number of nitrogens with two attached hydrogens (primary N) is 1. The molecule has 132 valence electrons. The quantitative estimate of drug-likeness (QED) is 0.462. The molecule has 0 heterocycles. The minimum absolute atomic E-state index is 0.0153. The van der Waals surface area contributed by atoms with Crippen LogP contribution in [0.5, 0.6) is 0 Å². The number of sulfonamides is 1. The summed E-state index contributed by atoms with van der Waals surface area (Å²) in [5.74, 6) is 0. The Labute approximate surface area is 143 Å². The summed E-state index contributed by atoms with van der Waals surface area (Å²) in [6.07, 6.45) is 0. The summed E-state index contributed by atoms with van der Waals surface area (Å²) in [5, 5.41) is 1.26. The molecule has 0 radical (unpaired) electrons. The van der Waals surface area contributed by atoms with Crippen LogP contribution in [0.1, 0.15) is 0 Å². The van der Waals surface area contributed by atoms with Gasteiger partial charge in [0, 0.05) is 43.6 Å². The number of hydrogen-bond acceptors (Lipinski definition) is 6. The molecule has 0 spiro atoms. The molecule has 0 saturated carbocycles. The van der Waals surface area contributed by atoms with Gasteiger partial charge < -0.3 is 10.6 Å². The van der Waals surface area contributed by atoms with Gasteiger partial charge in [-0.3, -0.25) is 0 Å². The first-order valence-corrected chi connectivity index (χ1v) is 9.73. The van der Waals surface area contributed by atoms with Crippen molar-refractivity contribution in [2.75, 3.05) is 32.1 Å². The molecule has 2 rings (SSSR count). The predicted octanol–water partition coefficient (Wildman–Crippen LogP) is -0.114. The Bertz CT molecular complexity index is 902. The summed E-state index contributed by atoms with van der Waals surface area (Å²) in [5.41, 5.74) is 6.27. The molecule has 0 bridgehead atoms. The SMILES string of the molecule is CN(C)c1cccc2c(S(=O)(=O)N(CCN)N[SH](=O)=O)cccc12. The van der Waals surface area contributed by atoms with Crippen molar-refractivity contribution in [3.63, 3.8) is 0 Å². The third kappa shape index (κ3) is 3.68. The minimum Gasteiger partial charge on any atom is -0.377 e. The third-order valence-corrected chi connectivity index (χ3v) is 5.74. The normalized spacial score (nSPS) is 12.2. The molecule has 0 aliphatic heterocycles. The van der Waals surface area contributed by atoms with Crippen molar-refractivity contribution < 1.29 is 16.8 Å². The number of thiol groups is 1. The van der Waals surface area contributed by atoms with Gasteiger partial charge in [0.1, 0.15) is 0 Å². The largest absolute Gasteiger partial charge is 0.377 e. The maximum atomic E-state index is 12.9. The first-order valence-electron chi connectivity index (χ1n) is 7.11. The molecule has 0 unspecified atom stereocenters. The van der Waals surface area contributed by atoms with E-state index in [2.05, 4.69) is 0 Å². The minimum atomic E-state index is -4.09. The molecular weight excluding hydrogens is 352 g/mol. The Morgan fingerprint density at radius 2 is 1.71 bits per heavy atom. The van der Waals surface area contributed by atoms with Crippen LogP contribution in [-0.2, 0) is 20.9 Å². The van der Waals surface area contributed by atoms with Crippen LogP contribution in [0.25, 0.3) is 10.8 Å². The van der Waals surface area contributed by atoms with E-state index in [1.54, 1.807) is 18.2 Å². The lowest BCUT2D eigenvalue weighted by Crippen LogP contribution is -2.44. The first-order chi connectivity index (χ1) is 11.3. The monoisotopic (exact) mass is 372 g/mol. The molecule has 0 fully saturated rings. The average Bonchev–Trinajstić information content (AvgIpc) is 2.52. The van der Waals surface area contributed by atoms with E-state index in [1.807, 2.05) is 36.0 Å². The van der Waals surface area contributed by atoms with Gasteiger partial charge in [-0.25, -0.2) is 16.8 Å². The van der Waals surface area contributed by atoms with Crippen LogP contribution in [0.2, 0.25) is 0 Å². The van der Waals surface area contributed by atoms with E-state index in [4.69, 9.17) is 5.73 Å². The van der Waals surface area contributed by atoms with Crippen molar-refractivity contribution in [1.82, 2.24) is 9.25 Å². The van der Waals surface area contributed by atoms with Crippen molar-refractivity contribution in [3.8, 4) is 0 Å². The second-order valence-corrected chi connectivity index (χ2v) is 7.79. The van der Waals surface area contributed by atoms with E-state index in [9.17, 15) is 16.8 Å². The summed E-state index contributed by atoms with van der Waals surface area (Å²) < 4.78 is 48.3. The molecule has 24 heavy (non-hydrogen) atoms. The van der Waals surface area contributed by atoms with Crippen molar-refractivity contribution in [1.29, 1.82) is 0 Å². The maximum Gasteiger partial charge on any atom is 0.257 e. The Morgan fingerprint density at radius 3 is 2.29 bits per heavy atom. The highest BCUT2D eigenvalue weighted by atomic mass is 32.2. The van der Waals surface area contributed by atoms with Gasteiger partial charge in [-0.05, 0) is 12.1 Å². The Kier molecular flexibility index (Phi) is 5.78. The second kappa shape index (κ2) is 7.45. The molecule has 10 heteroatoms. The lowest BCUT2D eigenvalue weighted by Gasteiger charge is -2.21. The smallest absolute Gasteiger partial charge is 0.257 e. The Morgan fingerprint density at radius 1 is 1.08 bits per heavy atom. The number of fused-ring (bicyclic) bond motifs is 1. The highest BCUT2D eigenvalue weighted by Gasteiger charge is 2.26. The summed E-state index contributed by atoms with van der Waals surface area (Å²) >= 11 is 0. The second-order valence-electron chi connectivity index (χ2n) is 5.25. The molecule has 0 saturated heterocycles. The van der Waals surface area contributed by atoms with Crippen LogP contribution < -0.4 is 15.5 Å². The molecule has 0 aliphatic carbocycles. The molecule has 8 nitrogen and oxygen atoms in total. The van der Waals surface area contributed by atoms with Crippen LogP contribution in [0.3, 0.4) is 0 Å². The van der Waals surface area contributed by atoms with E-state index in [-0.39, 0.29) is 18.0 Å². The van der Waals surface area contributed by atoms with E-state index in [1.165, 1.54) is 6.07 Å². The van der Waals surface area contributed by atoms with Gasteiger partial charge in [0.05, 0.1) is 4.90 Å². The van der Waals surface area contributed by atoms with E-state index in [0.29, 0.717) is 9.80 Å². The molecule has 0 aromatic heterocycles. The van der Waals surface area contributed by atoms with Gasteiger partial charge >= 0.3 is 0 Å². The van der Waals surface area contributed by atoms with Crippen LogP contribution >= 0.6 is 0 Å². The van der Waals surface area contributed by atoms with Gasteiger partial charge in [-0.2, -0.15) is 0 Å². The lowest BCUT2D eigenvalue weighted by molar-refractivity contribution is 0.389. The zero-order valence-electron chi connectivity index (χ0n) is 13.3. The van der Waals surface area contributed by atoms with Gasteiger partial charge in [0.15, 0.2) is 0 Å². The number of nitrogens with zero attached hydrogens (tertiary/aromatic N) is 2. The van der Waals surface area contributed by atoms with Crippen LogP contribution in [0, 0.1) is 0 Å². The Balaban J connectivity index is 2.68. The van der Waals surface area contributed by atoms with Gasteiger partial charge in [-0.15, -0.1) is 9.25 Å². The summed E-state index contributed by atoms with van der Waals surface area (Å²) in [7, 11) is -3.50. The predicted molar refractivity (Wildman–Crippen MR) is 94.7 cm³/mol.